The van der Waals surface area contributed by atoms with Crippen molar-refractivity contribution in [3.05, 3.63) is 47.8 Å². The van der Waals surface area contributed by atoms with Crippen LogP contribution in [0.3, 0.4) is 0 Å². The van der Waals surface area contributed by atoms with Crippen molar-refractivity contribution in [3.63, 3.8) is 0 Å². The number of benzene rings is 1. The highest BCUT2D eigenvalue weighted by Gasteiger charge is 2.21. The minimum absolute atomic E-state index is 0.772. The van der Waals surface area contributed by atoms with Gasteiger partial charge in [-0.05, 0) is 68.0 Å². The predicted molar refractivity (Wildman–Crippen MR) is 121 cm³/mol. The van der Waals surface area contributed by atoms with Crippen molar-refractivity contribution in [2.24, 2.45) is 11.7 Å². The molecule has 0 aromatic heterocycles. The summed E-state index contributed by atoms with van der Waals surface area (Å²) in [6.45, 7) is 11.4. The Balaban J connectivity index is 0.000000855. The van der Waals surface area contributed by atoms with Gasteiger partial charge in [0, 0.05) is 49.5 Å². The molecule has 4 heteroatoms. The summed E-state index contributed by atoms with van der Waals surface area (Å²) >= 11 is 0. The molecule has 1 aromatic rings. The summed E-state index contributed by atoms with van der Waals surface area (Å²) in [7, 11) is 2.22. The highest BCUT2D eigenvalue weighted by atomic mass is 15.1. The van der Waals surface area contributed by atoms with Crippen molar-refractivity contribution in [1.82, 2.24) is 4.90 Å². The lowest BCUT2D eigenvalue weighted by atomic mass is 9.95. The molecular weight excluding hydrogens is 332 g/mol. The number of piperidine rings is 1. The molecule has 1 heterocycles. The maximum atomic E-state index is 5.85. The lowest BCUT2D eigenvalue weighted by Gasteiger charge is -2.36. The Morgan fingerprint density at radius 1 is 0.926 bits per heavy atom. The van der Waals surface area contributed by atoms with E-state index in [9.17, 15) is 0 Å². The van der Waals surface area contributed by atoms with Crippen molar-refractivity contribution >= 4 is 11.4 Å². The molecule has 0 spiro atoms. The highest BCUT2D eigenvalue weighted by molar-refractivity contribution is 5.53. The predicted octanol–water partition coefficient (Wildman–Crippen LogP) is 4.99. The van der Waals surface area contributed by atoms with Crippen molar-refractivity contribution in [2.75, 3.05) is 37.3 Å². The second-order valence-electron chi connectivity index (χ2n) is 6.80. The van der Waals surface area contributed by atoms with Crippen LogP contribution in [0, 0.1) is 5.92 Å². The summed E-state index contributed by atoms with van der Waals surface area (Å²) in [6, 6.07) is 8.24. The number of nitrogens with zero attached hydrogens (tertiary/aromatic N) is 2. The van der Waals surface area contributed by atoms with Gasteiger partial charge in [0.05, 0.1) is 0 Å². The Kier molecular flexibility index (Phi) is 10.5. The number of anilines is 2. The van der Waals surface area contributed by atoms with Crippen LogP contribution < -0.4 is 16.4 Å². The number of hydrogen-bond acceptors (Lipinski definition) is 4. The van der Waals surface area contributed by atoms with Gasteiger partial charge in [-0.15, -0.1) is 0 Å². The average molecular weight is 373 g/mol. The van der Waals surface area contributed by atoms with Gasteiger partial charge in [-0.3, -0.25) is 0 Å². The van der Waals surface area contributed by atoms with Gasteiger partial charge < -0.3 is 21.3 Å². The lowest BCUT2D eigenvalue weighted by Crippen LogP contribution is -2.37. The van der Waals surface area contributed by atoms with E-state index in [1.54, 1.807) is 0 Å². The zero-order valence-electron chi connectivity index (χ0n) is 18.0. The Labute approximate surface area is 166 Å². The molecule has 4 nitrogen and oxygen atoms in total. The van der Waals surface area contributed by atoms with Gasteiger partial charge >= 0.3 is 0 Å². The van der Waals surface area contributed by atoms with Gasteiger partial charge in [-0.25, -0.2) is 0 Å². The summed E-state index contributed by atoms with van der Waals surface area (Å²) in [6.07, 6.45) is 8.80. The quantitative estimate of drug-likeness (QED) is 0.731. The molecule has 152 valence electrons. The van der Waals surface area contributed by atoms with Gasteiger partial charge in [0.15, 0.2) is 0 Å². The van der Waals surface area contributed by atoms with Crippen LogP contribution in [0.1, 0.15) is 53.4 Å². The van der Waals surface area contributed by atoms with Crippen molar-refractivity contribution in [3.8, 4) is 0 Å². The third-order valence-corrected chi connectivity index (χ3v) is 5.05. The molecule has 1 aliphatic carbocycles. The van der Waals surface area contributed by atoms with Gasteiger partial charge in [-0.1, -0.05) is 27.7 Å². The second-order valence-corrected chi connectivity index (χ2v) is 6.80. The van der Waals surface area contributed by atoms with E-state index in [-0.39, 0.29) is 0 Å². The molecule has 0 atom stereocenters. The maximum Gasteiger partial charge on any atom is 0.0367 e. The fourth-order valence-electron chi connectivity index (χ4n) is 3.52. The van der Waals surface area contributed by atoms with Crippen LogP contribution in [0.25, 0.3) is 0 Å². The van der Waals surface area contributed by atoms with E-state index in [0.29, 0.717) is 0 Å². The van der Waals surface area contributed by atoms with E-state index in [1.807, 2.05) is 39.8 Å². The first-order chi connectivity index (χ1) is 13.1. The number of nitrogen functional groups attached to an aromatic ring is 1. The van der Waals surface area contributed by atoms with Gasteiger partial charge in [0.1, 0.15) is 0 Å². The molecule has 27 heavy (non-hydrogen) atoms. The Morgan fingerprint density at radius 3 is 2.04 bits per heavy atom. The van der Waals surface area contributed by atoms with Crippen LogP contribution in [0.15, 0.2) is 47.8 Å². The average Bonchev–Trinajstić information content (AvgIpc) is 2.73. The van der Waals surface area contributed by atoms with Crippen LogP contribution >= 0.6 is 0 Å². The van der Waals surface area contributed by atoms with Crippen LogP contribution in [0.5, 0.6) is 0 Å². The first kappa shape index (κ1) is 22.9. The summed E-state index contributed by atoms with van der Waals surface area (Å²) < 4.78 is 0. The smallest absolute Gasteiger partial charge is 0.0367 e. The first-order valence-electron chi connectivity index (χ1n) is 10.6. The Morgan fingerprint density at radius 2 is 1.52 bits per heavy atom. The van der Waals surface area contributed by atoms with Crippen molar-refractivity contribution in [2.45, 2.75) is 53.4 Å². The molecule has 0 bridgehead atoms. The fourth-order valence-corrected chi connectivity index (χ4v) is 3.52. The molecule has 0 unspecified atom stereocenters. The van der Waals surface area contributed by atoms with Crippen LogP contribution in [0.4, 0.5) is 11.4 Å². The Bertz CT molecular complexity index is 581. The third-order valence-electron chi connectivity index (χ3n) is 5.05. The van der Waals surface area contributed by atoms with Crippen LogP contribution in [0.2, 0.25) is 0 Å². The number of allylic oxidation sites excluding steroid dienone is 4. The lowest BCUT2D eigenvalue weighted by molar-refractivity contribution is 0.284. The second kappa shape index (κ2) is 12.3. The van der Waals surface area contributed by atoms with Gasteiger partial charge in [0.25, 0.3) is 0 Å². The monoisotopic (exact) mass is 372 g/mol. The zero-order valence-corrected chi connectivity index (χ0v) is 18.0. The fraction of sp³-hybridized carbons (Fsp3) is 0.565. The summed E-state index contributed by atoms with van der Waals surface area (Å²) in [4.78, 5) is 4.89. The number of rotatable bonds is 4. The largest absolute Gasteiger partial charge is 0.402 e. The first-order valence-corrected chi connectivity index (χ1v) is 10.6. The van der Waals surface area contributed by atoms with E-state index < -0.39 is 0 Å². The molecular formula is C23H40N4. The van der Waals surface area contributed by atoms with E-state index >= 15 is 0 Å². The molecule has 1 aliphatic heterocycles. The minimum atomic E-state index is 0.772. The molecule has 0 radical (unpaired) electrons. The van der Waals surface area contributed by atoms with E-state index in [2.05, 4.69) is 41.1 Å². The minimum Gasteiger partial charge on any atom is -0.402 e. The van der Waals surface area contributed by atoms with E-state index in [1.165, 1.54) is 24.2 Å². The molecule has 1 saturated heterocycles. The summed E-state index contributed by atoms with van der Waals surface area (Å²) in [5.41, 5.74) is 16.2. The summed E-state index contributed by atoms with van der Waals surface area (Å²) in [5, 5.41) is 0. The van der Waals surface area contributed by atoms with Crippen LogP contribution in [-0.4, -0.2) is 31.6 Å². The van der Waals surface area contributed by atoms with Crippen molar-refractivity contribution < 1.29 is 0 Å². The summed E-state index contributed by atoms with van der Waals surface area (Å²) in [5.74, 6) is 0.772. The highest BCUT2D eigenvalue weighted by Crippen LogP contribution is 2.26. The molecule has 1 fully saturated rings. The molecule has 3 rings (SSSR count). The van der Waals surface area contributed by atoms with E-state index in [4.69, 9.17) is 11.5 Å². The topological polar surface area (TPSA) is 58.5 Å². The molecule has 1 aromatic carbocycles. The molecule has 4 N–H and O–H groups in total. The normalized spacial score (nSPS) is 16.9. The third kappa shape index (κ3) is 7.20. The standard InChI is InChI=1S/C19H28N4.2C2H6/c1-22(18-6-2-16(20)3-7-18)14-15-10-12-23(13-11-15)19-8-4-17(21)5-9-19;2*1-2/h2,4-6,8-9,15H,3,7,10-14,20-21H2,1H3;2*1-2H3. The van der Waals surface area contributed by atoms with Gasteiger partial charge in [0.2, 0.25) is 0 Å². The SMILES string of the molecule is CC.CC.CN(CC1CCN(c2ccc(N)cc2)CC1)C1=CC=C(N)CC1. The van der Waals surface area contributed by atoms with Crippen LogP contribution in [-0.2, 0) is 0 Å². The Hall–Kier alpha value is -2.10. The van der Waals surface area contributed by atoms with E-state index in [0.717, 1.165) is 49.8 Å². The van der Waals surface area contributed by atoms with Gasteiger partial charge in [-0.2, -0.15) is 0 Å². The maximum absolute atomic E-state index is 5.85. The number of nitrogens with two attached hydrogens (primary N) is 2. The molecule has 2 aliphatic rings. The van der Waals surface area contributed by atoms with Crippen molar-refractivity contribution in [1.29, 1.82) is 0 Å². The molecule has 0 saturated carbocycles. The molecule has 0 amide bonds. The number of hydrogen-bond donors (Lipinski definition) is 2. The zero-order chi connectivity index (χ0) is 20.2.